The number of H-pyrrole nitrogens is 1. The lowest BCUT2D eigenvalue weighted by Crippen LogP contribution is -2.54. The molecule has 0 saturated heterocycles. The maximum Gasteiger partial charge on any atom is 0.326 e. The number of amides is 4. The lowest BCUT2D eigenvalue weighted by molar-refractivity contribution is -0.141. The molecule has 0 spiro atoms. The van der Waals surface area contributed by atoms with Gasteiger partial charge in [-0.15, -0.1) is 0 Å². The third-order valence-electron chi connectivity index (χ3n) is 6.20. The number of nitrogens with two attached hydrogens (primary N) is 2. The van der Waals surface area contributed by atoms with Crippen LogP contribution in [0.4, 0.5) is 0 Å². The number of benzene rings is 2. The monoisotopic (exact) mass is 552 g/mol. The molecule has 0 radical (unpaired) electrons. The Morgan fingerprint density at radius 1 is 0.900 bits per heavy atom. The Morgan fingerprint density at radius 2 is 1.60 bits per heavy atom. The first-order valence-corrected chi connectivity index (χ1v) is 12.5. The van der Waals surface area contributed by atoms with E-state index in [-0.39, 0.29) is 31.4 Å². The zero-order valence-electron chi connectivity index (χ0n) is 21.6. The Balaban J connectivity index is 1.57. The van der Waals surface area contributed by atoms with Crippen LogP contribution in [-0.2, 0) is 36.8 Å². The molecule has 4 amide bonds. The highest BCUT2D eigenvalue weighted by atomic mass is 16.4. The van der Waals surface area contributed by atoms with Gasteiger partial charge in [0.05, 0.1) is 12.6 Å². The third kappa shape index (κ3) is 8.56. The SMILES string of the molecule is NC(=O)CCC(NC(=O)C(N)Cc1ccc(O)cc1)C(=O)NCC(=O)NC(Cc1c[nH]c2ccccc12)C(=O)O. The van der Waals surface area contributed by atoms with Gasteiger partial charge in [-0.05, 0) is 42.2 Å². The van der Waals surface area contributed by atoms with Gasteiger partial charge in [-0.25, -0.2) is 4.79 Å². The second-order valence-electron chi connectivity index (χ2n) is 9.28. The van der Waals surface area contributed by atoms with E-state index < -0.39 is 54.3 Å². The van der Waals surface area contributed by atoms with Crippen LogP contribution in [0.5, 0.6) is 5.75 Å². The lowest BCUT2D eigenvalue weighted by Gasteiger charge is -2.21. The van der Waals surface area contributed by atoms with Gasteiger partial charge in [0.15, 0.2) is 0 Å². The highest BCUT2D eigenvalue weighted by molar-refractivity contribution is 5.93. The summed E-state index contributed by atoms with van der Waals surface area (Å²) in [5, 5.41) is 27.1. The van der Waals surface area contributed by atoms with Gasteiger partial charge in [-0.1, -0.05) is 30.3 Å². The third-order valence-corrected chi connectivity index (χ3v) is 6.20. The first-order chi connectivity index (χ1) is 19.0. The van der Waals surface area contributed by atoms with Crippen LogP contribution < -0.4 is 27.4 Å². The fourth-order valence-electron chi connectivity index (χ4n) is 4.07. The van der Waals surface area contributed by atoms with E-state index in [2.05, 4.69) is 20.9 Å². The number of phenols is 1. The number of phenolic OH excluding ortho intramolecular Hbond substituents is 1. The van der Waals surface area contributed by atoms with E-state index >= 15 is 0 Å². The highest BCUT2D eigenvalue weighted by Gasteiger charge is 2.26. The molecule has 3 unspecified atom stereocenters. The summed E-state index contributed by atoms with van der Waals surface area (Å²) in [4.78, 5) is 64.1. The number of carbonyl (C=O) groups excluding carboxylic acids is 4. The molecule has 212 valence electrons. The van der Waals surface area contributed by atoms with Crippen LogP contribution in [0.2, 0.25) is 0 Å². The Morgan fingerprint density at radius 3 is 2.27 bits per heavy atom. The van der Waals surface area contributed by atoms with Crippen LogP contribution in [-0.4, -0.2) is 69.5 Å². The molecule has 40 heavy (non-hydrogen) atoms. The van der Waals surface area contributed by atoms with Gasteiger partial charge in [-0.3, -0.25) is 19.2 Å². The first-order valence-electron chi connectivity index (χ1n) is 12.5. The molecule has 2 aromatic carbocycles. The van der Waals surface area contributed by atoms with E-state index in [9.17, 15) is 34.2 Å². The van der Waals surface area contributed by atoms with Crippen molar-refractivity contribution >= 4 is 40.5 Å². The number of hydrogen-bond acceptors (Lipinski definition) is 7. The summed E-state index contributed by atoms with van der Waals surface area (Å²) in [6.45, 7) is -0.570. The molecule has 3 rings (SSSR count). The van der Waals surface area contributed by atoms with E-state index in [1.54, 1.807) is 18.3 Å². The number of aromatic hydroxyl groups is 1. The number of aromatic amines is 1. The van der Waals surface area contributed by atoms with Gasteiger partial charge < -0.3 is 42.6 Å². The Hall–Kier alpha value is -4.91. The summed E-state index contributed by atoms with van der Waals surface area (Å²) in [5.74, 6) is -4.10. The van der Waals surface area contributed by atoms with Gasteiger partial charge >= 0.3 is 5.97 Å². The summed E-state index contributed by atoms with van der Waals surface area (Å²) >= 11 is 0. The van der Waals surface area contributed by atoms with Gasteiger partial charge in [-0.2, -0.15) is 0 Å². The van der Waals surface area contributed by atoms with Crippen LogP contribution >= 0.6 is 0 Å². The number of primary amides is 1. The van der Waals surface area contributed by atoms with Crippen molar-refractivity contribution < 1.29 is 34.2 Å². The summed E-state index contributed by atoms with van der Waals surface area (Å²) in [6.07, 6.45) is 1.44. The van der Waals surface area contributed by atoms with Crippen LogP contribution in [0.15, 0.2) is 54.7 Å². The zero-order valence-corrected chi connectivity index (χ0v) is 21.6. The fourth-order valence-corrected chi connectivity index (χ4v) is 4.07. The minimum absolute atomic E-state index is 0.00917. The molecule has 0 fully saturated rings. The average molecular weight is 553 g/mol. The Labute approximate surface area is 229 Å². The Bertz CT molecular complexity index is 1370. The van der Waals surface area contributed by atoms with Crippen molar-refractivity contribution in [2.45, 2.75) is 43.8 Å². The molecular formula is C27H32N6O7. The van der Waals surface area contributed by atoms with E-state index in [1.807, 2.05) is 24.3 Å². The summed E-state index contributed by atoms with van der Waals surface area (Å²) < 4.78 is 0. The van der Waals surface area contributed by atoms with E-state index in [1.165, 1.54) is 12.1 Å². The van der Waals surface area contributed by atoms with Crippen LogP contribution in [0.1, 0.15) is 24.0 Å². The molecule has 0 aliphatic heterocycles. The standard InChI is InChI=1S/C27H32N6O7/c28-19(11-15-5-7-17(34)8-6-15)25(37)33-21(9-10-23(29)35)26(38)31-14-24(36)32-22(27(39)40)12-16-13-30-20-4-2-1-3-18(16)20/h1-8,13,19,21-22,30,34H,9-12,14,28H2,(H2,29,35)(H,31,38)(H,32,36)(H,33,37)(H,39,40). The molecule has 1 aromatic heterocycles. The van der Waals surface area contributed by atoms with Crippen molar-refractivity contribution in [1.82, 2.24) is 20.9 Å². The predicted octanol–water partition coefficient (Wildman–Crippen LogP) is -0.578. The maximum absolute atomic E-state index is 12.8. The number of carboxylic acid groups (broad SMARTS) is 1. The van der Waals surface area contributed by atoms with Crippen molar-refractivity contribution in [2.24, 2.45) is 11.5 Å². The maximum atomic E-state index is 12.8. The zero-order chi connectivity index (χ0) is 29.2. The quantitative estimate of drug-likeness (QED) is 0.129. The molecule has 13 heteroatoms. The molecule has 0 saturated carbocycles. The first kappa shape index (κ1) is 29.6. The van der Waals surface area contributed by atoms with Crippen LogP contribution in [0.3, 0.4) is 0 Å². The van der Waals surface area contributed by atoms with E-state index in [0.717, 1.165) is 10.9 Å². The lowest BCUT2D eigenvalue weighted by atomic mass is 10.0. The highest BCUT2D eigenvalue weighted by Crippen LogP contribution is 2.19. The van der Waals surface area contributed by atoms with Crippen LogP contribution in [0.25, 0.3) is 10.9 Å². The topological polar surface area (TPSA) is 230 Å². The normalized spacial score (nSPS) is 13.1. The average Bonchev–Trinajstić information content (AvgIpc) is 3.33. The molecule has 13 nitrogen and oxygen atoms in total. The van der Waals surface area contributed by atoms with Crippen molar-refractivity contribution in [3.05, 3.63) is 65.9 Å². The van der Waals surface area contributed by atoms with Gasteiger partial charge in [0.2, 0.25) is 23.6 Å². The van der Waals surface area contributed by atoms with E-state index in [0.29, 0.717) is 11.1 Å². The van der Waals surface area contributed by atoms with Crippen molar-refractivity contribution in [1.29, 1.82) is 0 Å². The van der Waals surface area contributed by atoms with Gasteiger partial charge in [0.25, 0.3) is 0 Å². The minimum atomic E-state index is -1.26. The number of aliphatic carboxylic acids is 1. The smallest absolute Gasteiger partial charge is 0.326 e. The second-order valence-corrected chi connectivity index (χ2v) is 9.28. The number of para-hydroxylation sites is 1. The fraction of sp³-hybridized carbons (Fsp3) is 0.296. The Kier molecular flexibility index (Phi) is 10.2. The number of carbonyl (C=O) groups is 5. The molecule has 3 aromatic rings. The second kappa shape index (κ2) is 13.8. The predicted molar refractivity (Wildman–Crippen MR) is 145 cm³/mol. The number of rotatable bonds is 14. The van der Waals surface area contributed by atoms with Gasteiger partial charge in [0.1, 0.15) is 17.8 Å². The minimum Gasteiger partial charge on any atom is -0.508 e. The summed E-state index contributed by atoms with van der Waals surface area (Å²) in [6, 6.07) is 9.90. The number of carboxylic acids is 1. The molecule has 1 heterocycles. The molecule has 0 aliphatic carbocycles. The summed E-state index contributed by atoms with van der Waals surface area (Å²) in [7, 11) is 0. The largest absolute Gasteiger partial charge is 0.508 e. The summed E-state index contributed by atoms with van der Waals surface area (Å²) in [5.41, 5.74) is 13.4. The molecule has 3 atom stereocenters. The molecular weight excluding hydrogens is 520 g/mol. The number of hydrogen-bond donors (Lipinski definition) is 8. The van der Waals surface area contributed by atoms with E-state index in [4.69, 9.17) is 11.5 Å². The van der Waals surface area contributed by atoms with Crippen molar-refractivity contribution in [3.63, 3.8) is 0 Å². The van der Waals surface area contributed by atoms with Crippen molar-refractivity contribution in [2.75, 3.05) is 6.54 Å². The molecule has 10 N–H and O–H groups in total. The van der Waals surface area contributed by atoms with Crippen molar-refractivity contribution in [3.8, 4) is 5.75 Å². The molecule has 0 bridgehead atoms. The number of fused-ring (bicyclic) bond motifs is 1. The van der Waals surface area contributed by atoms with Crippen LogP contribution in [0, 0.1) is 0 Å². The number of aromatic nitrogens is 1. The van der Waals surface area contributed by atoms with Gasteiger partial charge in [0, 0.05) is 29.9 Å². The number of nitrogens with one attached hydrogen (secondary N) is 4. The molecule has 0 aliphatic rings.